The van der Waals surface area contributed by atoms with Gasteiger partial charge in [-0.1, -0.05) is 20.8 Å². The van der Waals surface area contributed by atoms with Crippen molar-refractivity contribution in [2.75, 3.05) is 13.7 Å². The predicted octanol–water partition coefficient (Wildman–Crippen LogP) is 3.65. The smallest absolute Gasteiger partial charge is 0.0518 e. The van der Waals surface area contributed by atoms with Crippen LogP contribution < -0.4 is 0 Å². The molecule has 0 heterocycles. The Balaban J connectivity index is 0. The van der Waals surface area contributed by atoms with E-state index >= 15 is 0 Å². The molecule has 0 fully saturated rings. The lowest BCUT2D eigenvalue weighted by Crippen LogP contribution is -2.23. The molecular weight excluding hydrogens is 148 g/mol. The summed E-state index contributed by atoms with van der Waals surface area (Å²) in [5, 5.41) is 0. The van der Waals surface area contributed by atoms with E-state index in [4.69, 9.17) is 4.74 Å². The van der Waals surface area contributed by atoms with Crippen LogP contribution in [0.3, 0.4) is 0 Å². The second-order valence-corrected chi connectivity index (χ2v) is 2.99. The summed E-state index contributed by atoms with van der Waals surface area (Å²) in [5.74, 6) is 0. The summed E-state index contributed by atoms with van der Waals surface area (Å²) >= 11 is 0. The van der Waals surface area contributed by atoms with Crippen LogP contribution in [-0.2, 0) is 4.74 Å². The molecule has 12 heavy (non-hydrogen) atoms. The number of ether oxygens (including phenoxy) is 1. The topological polar surface area (TPSA) is 9.23 Å². The standard InChI is InChI=1S/C9H20O.C2H4/c1-5-9(6-2,7-3)8-10-4;1-2/h5-8H2,1-4H3;1-2H2. The number of hydrogen-bond acceptors (Lipinski definition) is 1. The van der Waals surface area contributed by atoms with Crippen LogP contribution in [0.5, 0.6) is 0 Å². The van der Waals surface area contributed by atoms with Gasteiger partial charge < -0.3 is 4.74 Å². The summed E-state index contributed by atoms with van der Waals surface area (Å²) in [6.45, 7) is 13.6. The Labute approximate surface area is 77.8 Å². The molecule has 0 aliphatic carbocycles. The molecule has 0 aromatic carbocycles. The van der Waals surface area contributed by atoms with Crippen LogP contribution in [0, 0.1) is 5.41 Å². The second kappa shape index (κ2) is 8.79. The Hall–Kier alpha value is -0.300. The van der Waals surface area contributed by atoms with E-state index in [-0.39, 0.29) is 0 Å². The third kappa shape index (κ3) is 4.55. The van der Waals surface area contributed by atoms with E-state index in [9.17, 15) is 0 Å². The Morgan fingerprint density at radius 2 is 1.33 bits per heavy atom. The third-order valence-electron chi connectivity index (χ3n) is 2.70. The van der Waals surface area contributed by atoms with Gasteiger partial charge in [-0.2, -0.15) is 0 Å². The van der Waals surface area contributed by atoms with Gasteiger partial charge in [0, 0.05) is 7.11 Å². The van der Waals surface area contributed by atoms with E-state index in [0.717, 1.165) is 6.61 Å². The van der Waals surface area contributed by atoms with E-state index < -0.39 is 0 Å². The highest BCUT2D eigenvalue weighted by Crippen LogP contribution is 2.29. The molecule has 0 rings (SSSR count). The third-order valence-corrected chi connectivity index (χ3v) is 2.70. The first kappa shape index (κ1) is 14.2. The fraction of sp³-hybridized carbons (Fsp3) is 0.818. The molecule has 0 aliphatic rings. The maximum atomic E-state index is 5.18. The molecule has 0 radical (unpaired) electrons. The minimum absolute atomic E-state index is 0.453. The summed E-state index contributed by atoms with van der Waals surface area (Å²) in [7, 11) is 1.79. The van der Waals surface area contributed by atoms with Crippen molar-refractivity contribution in [2.24, 2.45) is 5.41 Å². The van der Waals surface area contributed by atoms with Gasteiger partial charge in [-0.3, -0.25) is 0 Å². The largest absolute Gasteiger partial charge is 0.384 e. The van der Waals surface area contributed by atoms with Crippen molar-refractivity contribution < 1.29 is 4.74 Å². The van der Waals surface area contributed by atoms with Crippen LogP contribution in [-0.4, -0.2) is 13.7 Å². The molecule has 0 aromatic rings. The van der Waals surface area contributed by atoms with Crippen molar-refractivity contribution in [1.82, 2.24) is 0 Å². The van der Waals surface area contributed by atoms with Gasteiger partial charge in [-0.05, 0) is 24.7 Å². The molecule has 0 atom stereocenters. The van der Waals surface area contributed by atoms with E-state index in [1.54, 1.807) is 7.11 Å². The van der Waals surface area contributed by atoms with Crippen LogP contribution in [0.25, 0.3) is 0 Å². The zero-order valence-corrected chi connectivity index (χ0v) is 9.15. The van der Waals surface area contributed by atoms with Crippen molar-refractivity contribution in [3.63, 3.8) is 0 Å². The lowest BCUT2D eigenvalue weighted by molar-refractivity contribution is 0.0691. The van der Waals surface area contributed by atoms with Crippen LogP contribution in [0.2, 0.25) is 0 Å². The van der Waals surface area contributed by atoms with Crippen LogP contribution in [0.4, 0.5) is 0 Å². The van der Waals surface area contributed by atoms with Gasteiger partial charge in [0.15, 0.2) is 0 Å². The highest BCUT2D eigenvalue weighted by atomic mass is 16.5. The maximum Gasteiger partial charge on any atom is 0.0518 e. The zero-order chi connectivity index (χ0) is 10.0. The summed E-state index contributed by atoms with van der Waals surface area (Å²) in [6, 6.07) is 0. The van der Waals surface area contributed by atoms with Gasteiger partial charge >= 0.3 is 0 Å². The average Bonchev–Trinajstić information content (AvgIpc) is 2.18. The van der Waals surface area contributed by atoms with Gasteiger partial charge in [0.25, 0.3) is 0 Å². The lowest BCUT2D eigenvalue weighted by Gasteiger charge is -2.29. The quantitative estimate of drug-likeness (QED) is 0.575. The van der Waals surface area contributed by atoms with Crippen molar-refractivity contribution in [1.29, 1.82) is 0 Å². The molecule has 0 bridgehead atoms. The van der Waals surface area contributed by atoms with Gasteiger partial charge in [0.1, 0.15) is 0 Å². The summed E-state index contributed by atoms with van der Waals surface area (Å²) in [5.41, 5.74) is 0.453. The predicted molar refractivity (Wildman–Crippen MR) is 56.4 cm³/mol. The minimum atomic E-state index is 0.453. The summed E-state index contributed by atoms with van der Waals surface area (Å²) in [6.07, 6.45) is 3.69. The van der Waals surface area contributed by atoms with Gasteiger partial charge in [-0.25, -0.2) is 0 Å². The summed E-state index contributed by atoms with van der Waals surface area (Å²) in [4.78, 5) is 0. The van der Waals surface area contributed by atoms with Gasteiger partial charge in [0.2, 0.25) is 0 Å². The molecule has 1 heteroatoms. The Bertz CT molecular complexity index is 76.7. The van der Waals surface area contributed by atoms with Crippen molar-refractivity contribution in [3.8, 4) is 0 Å². The number of rotatable bonds is 5. The molecular formula is C11H24O. The van der Waals surface area contributed by atoms with Crippen LogP contribution in [0.15, 0.2) is 13.2 Å². The molecule has 0 amide bonds. The van der Waals surface area contributed by atoms with Crippen molar-refractivity contribution >= 4 is 0 Å². The molecule has 1 nitrogen and oxygen atoms in total. The molecule has 0 spiro atoms. The average molecular weight is 172 g/mol. The lowest BCUT2D eigenvalue weighted by atomic mass is 9.81. The van der Waals surface area contributed by atoms with E-state index in [2.05, 4.69) is 33.9 Å². The van der Waals surface area contributed by atoms with E-state index in [1.807, 2.05) is 0 Å². The Morgan fingerprint density at radius 3 is 1.42 bits per heavy atom. The maximum absolute atomic E-state index is 5.18. The first-order valence-corrected chi connectivity index (χ1v) is 4.73. The normalized spacial score (nSPS) is 10.3. The van der Waals surface area contributed by atoms with Crippen LogP contribution in [0.1, 0.15) is 40.0 Å². The first-order chi connectivity index (χ1) is 5.74. The molecule has 0 aliphatic heterocycles. The monoisotopic (exact) mass is 172 g/mol. The van der Waals surface area contributed by atoms with E-state index in [1.165, 1.54) is 19.3 Å². The van der Waals surface area contributed by atoms with Crippen LogP contribution >= 0.6 is 0 Å². The first-order valence-electron chi connectivity index (χ1n) is 4.73. The molecule has 0 unspecified atom stereocenters. The van der Waals surface area contributed by atoms with Crippen molar-refractivity contribution in [3.05, 3.63) is 13.2 Å². The zero-order valence-electron chi connectivity index (χ0n) is 9.15. The fourth-order valence-corrected chi connectivity index (χ4v) is 1.36. The SMILES string of the molecule is C=C.CCC(CC)(CC)COC. The highest BCUT2D eigenvalue weighted by Gasteiger charge is 2.22. The Kier molecular flexibility index (Phi) is 10.4. The molecule has 74 valence electrons. The van der Waals surface area contributed by atoms with Gasteiger partial charge in [0.05, 0.1) is 6.61 Å². The molecule has 0 saturated carbocycles. The second-order valence-electron chi connectivity index (χ2n) is 2.99. The number of hydrogen-bond donors (Lipinski definition) is 0. The Morgan fingerprint density at radius 1 is 1.00 bits per heavy atom. The number of methoxy groups -OCH3 is 1. The molecule has 0 saturated heterocycles. The fourth-order valence-electron chi connectivity index (χ4n) is 1.36. The van der Waals surface area contributed by atoms with E-state index in [0.29, 0.717) is 5.41 Å². The highest BCUT2D eigenvalue weighted by molar-refractivity contribution is 4.73. The van der Waals surface area contributed by atoms with Gasteiger partial charge in [-0.15, -0.1) is 13.2 Å². The molecule has 0 aromatic heterocycles. The summed E-state index contributed by atoms with van der Waals surface area (Å²) < 4.78 is 5.18. The van der Waals surface area contributed by atoms with Crippen molar-refractivity contribution in [2.45, 2.75) is 40.0 Å². The molecule has 0 N–H and O–H groups in total. The minimum Gasteiger partial charge on any atom is -0.384 e.